The molecule has 0 aromatic heterocycles. The normalized spacial score (nSPS) is 14.7. The van der Waals surface area contributed by atoms with Gasteiger partial charge in [0.2, 0.25) is 0 Å². The second-order valence-corrected chi connectivity index (χ2v) is 27.3. The number of halogens is 3. The van der Waals surface area contributed by atoms with Crippen molar-refractivity contribution in [1.82, 2.24) is 0 Å². The van der Waals surface area contributed by atoms with Gasteiger partial charge < -0.3 is 80.5 Å². The molecule has 10 N–H and O–H groups in total. The molecule has 0 saturated heterocycles. The molecule has 0 aliphatic carbocycles. The van der Waals surface area contributed by atoms with Gasteiger partial charge in [0.15, 0.2) is 0 Å². The summed E-state index contributed by atoms with van der Waals surface area (Å²) < 4.78 is 0. The van der Waals surface area contributed by atoms with Crippen molar-refractivity contribution in [3.63, 3.8) is 0 Å². The van der Waals surface area contributed by atoms with Crippen LogP contribution in [0.15, 0.2) is 200 Å². The van der Waals surface area contributed by atoms with Crippen molar-refractivity contribution in [3.05, 3.63) is 282 Å². The highest BCUT2D eigenvalue weighted by Gasteiger charge is 2.28. The fourth-order valence-corrected chi connectivity index (χ4v) is 15.1. The van der Waals surface area contributed by atoms with Crippen LogP contribution in [0.4, 0.5) is 34.1 Å². The van der Waals surface area contributed by atoms with Gasteiger partial charge in [0, 0.05) is 152 Å². The Morgan fingerprint density at radius 1 is 0.314 bits per heavy atom. The zero-order valence-corrected chi connectivity index (χ0v) is 60.1. The van der Waals surface area contributed by atoms with Crippen molar-refractivity contribution >= 4 is 68.9 Å². The minimum absolute atomic E-state index is 0.0173. The third-order valence-electron chi connectivity index (χ3n) is 19.5. The lowest BCUT2D eigenvalue weighted by atomic mass is 9.83. The number of aliphatic hydroxyl groups excluding tert-OH is 10. The summed E-state index contributed by atoms with van der Waals surface area (Å²) in [6.07, 6.45) is 3.21. The predicted molar refractivity (Wildman–Crippen MR) is 415 cm³/mol. The molecule has 0 fully saturated rings. The van der Waals surface area contributed by atoms with E-state index in [2.05, 4.69) is 149 Å². The van der Waals surface area contributed by atoms with Crippen LogP contribution in [-0.4, -0.2) is 195 Å². The number of rotatable bonds is 30. The van der Waals surface area contributed by atoms with Gasteiger partial charge in [-0.1, -0.05) is 144 Å². The number of hydrogen-bond acceptors (Lipinski definition) is 16. The molecule has 0 saturated carbocycles. The summed E-state index contributed by atoms with van der Waals surface area (Å²) in [4.78, 5) is 12.5. The average Bonchev–Trinajstić information content (AvgIpc) is 1.41. The molecule has 0 radical (unpaired) electrons. The molecule has 0 bridgehead atoms. The SMILES string of the molecule is OCCN(CCO)c1ccc(C(c2ccc(Cl)cc2)c2ccc3c(c2)CC(O)CN3CCO)cc1.OCCN(CCO)c1ccc(C(c2ccc(Cl)cc2)c2ccc3c(c2)CCCN3CCO)cc1.OCCN(CCO)c1ccc(C(c2ccc(Cl)cc2)c2ccc3c(c2)CCN3CCO)cc1. The second-order valence-electron chi connectivity index (χ2n) is 26.0. The monoisotopic (exact) mass is 1440 g/mol. The van der Waals surface area contributed by atoms with Gasteiger partial charge in [-0.2, -0.15) is 0 Å². The molecule has 3 aliphatic heterocycles. The van der Waals surface area contributed by atoms with Crippen LogP contribution in [0.5, 0.6) is 0 Å². The van der Waals surface area contributed by atoms with E-state index in [0.29, 0.717) is 86.9 Å². The quantitative estimate of drug-likeness (QED) is 0.0189. The summed E-state index contributed by atoms with van der Waals surface area (Å²) in [5.41, 5.74) is 20.5. The van der Waals surface area contributed by atoms with E-state index in [1.165, 1.54) is 55.9 Å². The Morgan fingerprint density at radius 2 is 0.588 bits per heavy atom. The van der Waals surface area contributed by atoms with E-state index in [1.807, 2.05) is 80.3 Å². The van der Waals surface area contributed by atoms with Crippen LogP contribution < -0.4 is 29.4 Å². The highest BCUT2D eigenvalue weighted by Crippen LogP contribution is 2.42. The molecule has 9 aromatic carbocycles. The molecule has 4 unspecified atom stereocenters. The van der Waals surface area contributed by atoms with Crippen LogP contribution in [0.2, 0.25) is 15.1 Å². The van der Waals surface area contributed by atoms with Gasteiger partial charge in [0.05, 0.1) is 65.6 Å². The highest BCUT2D eigenvalue weighted by molar-refractivity contribution is 6.31. The number of aryl methyl sites for hydroxylation is 1. The number of hydrogen-bond donors (Lipinski definition) is 10. The van der Waals surface area contributed by atoms with Gasteiger partial charge in [-0.25, -0.2) is 0 Å². The Bertz CT molecular complexity index is 3990. The zero-order valence-electron chi connectivity index (χ0n) is 57.8. The maximum Gasteiger partial charge on any atom is 0.0756 e. The van der Waals surface area contributed by atoms with Crippen molar-refractivity contribution in [2.45, 2.75) is 49.5 Å². The predicted octanol–water partition coefficient (Wildman–Crippen LogP) is 10.7. The van der Waals surface area contributed by atoms with E-state index in [9.17, 15) is 51.1 Å². The van der Waals surface area contributed by atoms with Gasteiger partial charge in [0.1, 0.15) is 0 Å². The number of benzene rings is 9. The molecule has 4 atom stereocenters. The summed E-state index contributed by atoms with van der Waals surface area (Å²) in [5, 5.41) is 97.1. The summed E-state index contributed by atoms with van der Waals surface area (Å²) in [5.74, 6) is 0.0627. The Kier molecular flexibility index (Phi) is 29.1. The number of anilines is 6. The van der Waals surface area contributed by atoms with Gasteiger partial charge in [0.25, 0.3) is 0 Å². The third kappa shape index (κ3) is 19.7. The number of fused-ring (bicyclic) bond motifs is 3. The highest BCUT2D eigenvalue weighted by atomic mass is 35.5. The lowest BCUT2D eigenvalue weighted by Crippen LogP contribution is -2.40. The van der Waals surface area contributed by atoms with Crippen LogP contribution in [0.1, 0.15) is 90.9 Å². The fourth-order valence-electron chi connectivity index (χ4n) is 14.7. The first kappa shape index (κ1) is 76.9. The van der Waals surface area contributed by atoms with Gasteiger partial charge >= 0.3 is 0 Å². The number of nitrogens with zero attached hydrogens (tertiary/aromatic N) is 6. The molecule has 0 spiro atoms. The third-order valence-corrected chi connectivity index (χ3v) is 20.2. The van der Waals surface area contributed by atoms with Gasteiger partial charge in [-0.05, 0) is 177 Å². The number of β-amino-alcohol motifs (C(OH)–C–C–N with tert-alkyl or cyclic N) is 4. The van der Waals surface area contributed by atoms with E-state index in [-0.39, 0.29) is 77.2 Å². The first-order valence-corrected chi connectivity index (χ1v) is 36.6. The lowest BCUT2D eigenvalue weighted by Gasteiger charge is -2.34. The van der Waals surface area contributed by atoms with Crippen molar-refractivity contribution in [1.29, 1.82) is 0 Å². The van der Waals surface area contributed by atoms with Crippen molar-refractivity contribution in [2.75, 3.05) is 167 Å². The first-order valence-electron chi connectivity index (χ1n) is 35.4. The summed E-state index contributed by atoms with van der Waals surface area (Å²) in [6, 6.07) is 68.6. The van der Waals surface area contributed by atoms with E-state index >= 15 is 0 Å². The average molecular weight is 1450 g/mol. The summed E-state index contributed by atoms with van der Waals surface area (Å²) >= 11 is 18.5. The molecule has 12 rings (SSSR count). The molecular formula is C83H97Cl3N6O10. The molecule has 19 heteroatoms. The van der Waals surface area contributed by atoms with E-state index in [0.717, 1.165) is 77.4 Å². The molecule has 540 valence electrons. The van der Waals surface area contributed by atoms with E-state index in [4.69, 9.17) is 34.8 Å². The fraction of sp³-hybridized carbons (Fsp3) is 0.349. The number of aliphatic hydroxyl groups is 10. The van der Waals surface area contributed by atoms with E-state index in [1.54, 1.807) is 0 Å². The Labute approximate surface area is 615 Å². The van der Waals surface area contributed by atoms with Crippen molar-refractivity contribution in [3.8, 4) is 0 Å². The maximum absolute atomic E-state index is 10.4. The Morgan fingerprint density at radius 3 is 0.912 bits per heavy atom. The Balaban J connectivity index is 0.000000165. The van der Waals surface area contributed by atoms with Gasteiger partial charge in [-0.15, -0.1) is 0 Å². The molecule has 102 heavy (non-hydrogen) atoms. The molecule has 3 aliphatic rings. The molecule has 16 nitrogen and oxygen atoms in total. The largest absolute Gasteiger partial charge is 0.395 e. The lowest BCUT2D eigenvalue weighted by molar-refractivity contribution is 0.172. The standard InChI is InChI=1S/C28H33ClN2O4.C28H33ClN2O3.C27H31ClN2O3/c29-24-6-1-20(2-7-24)28(21-3-8-25(9-4-21)30(11-14-32)12-15-33)22-5-10-27-23(17-22)18-26(35)19-31(27)13-16-34;29-25-8-3-21(4-9-25)28(22-5-10-26(11-6-22)30(14-17-32)15-18-33)24-7-12-27-23(20-24)2-1-13-31(27)16-19-34;28-24-6-1-20(2-7-24)27(21-3-8-25(9-4-21)29(13-16-31)14-17-32)23-5-10-26-22(19-23)11-12-30(26)15-18-33/h1-10,17,26,28,32-35H,11-16,18-19H2;3-12,20,28,32-34H,1-2,13-19H2;1-10,19,27,31-33H,11-18H2. The van der Waals surface area contributed by atoms with E-state index < -0.39 is 6.10 Å². The van der Waals surface area contributed by atoms with Crippen LogP contribution in [-0.2, 0) is 19.3 Å². The second kappa shape index (κ2) is 38.7. The molecular weight excluding hydrogens is 1350 g/mol. The summed E-state index contributed by atoms with van der Waals surface area (Å²) in [6.45, 7) is 7.63. The minimum atomic E-state index is -0.471. The minimum Gasteiger partial charge on any atom is -0.395 e. The first-order chi connectivity index (χ1) is 49.8. The molecule has 9 aromatic rings. The van der Waals surface area contributed by atoms with Crippen LogP contribution in [0.25, 0.3) is 0 Å². The maximum atomic E-state index is 10.4. The zero-order chi connectivity index (χ0) is 71.9. The van der Waals surface area contributed by atoms with Crippen molar-refractivity contribution < 1.29 is 51.1 Å². The van der Waals surface area contributed by atoms with Gasteiger partial charge in [-0.3, -0.25) is 0 Å². The molecule has 0 amide bonds. The molecule has 3 heterocycles. The smallest absolute Gasteiger partial charge is 0.0756 e. The van der Waals surface area contributed by atoms with Crippen molar-refractivity contribution in [2.24, 2.45) is 0 Å². The Hall–Kier alpha value is -7.75. The topological polar surface area (TPSA) is 222 Å². The van der Waals surface area contributed by atoms with Crippen LogP contribution in [0.3, 0.4) is 0 Å². The van der Waals surface area contributed by atoms with Crippen LogP contribution in [0, 0.1) is 0 Å². The van der Waals surface area contributed by atoms with Crippen LogP contribution >= 0.6 is 34.8 Å². The summed E-state index contributed by atoms with van der Waals surface area (Å²) in [7, 11) is 0.